The standard InChI is InChI=1S/C23H30N2/c1-8-17(6)10-9-11-18(7)19-12-13-20-21(14-19)25-23(16(4)5)22(24-20)15(2)3/h8-16H,1-7H3/b10-9+,17-8+,18-11+. The van der Waals surface area contributed by atoms with Crippen molar-refractivity contribution < 1.29 is 0 Å². The Kier molecular flexibility index (Phi) is 6.30. The van der Waals surface area contributed by atoms with Crippen LogP contribution >= 0.6 is 0 Å². The van der Waals surface area contributed by atoms with Gasteiger partial charge < -0.3 is 0 Å². The monoisotopic (exact) mass is 334 g/mol. The molecular formula is C23H30N2. The van der Waals surface area contributed by atoms with Crippen LogP contribution in [0.2, 0.25) is 0 Å². The average Bonchev–Trinajstić information content (AvgIpc) is 2.59. The third-order valence-corrected chi connectivity index (χ3v) is 4.43. The molecule has 2 aromatic rings. The van der Waals surface area contributed by atoms with Crippen LogP contribution in [-0.2, 0) is 0 Å². The zero-order valence-electron chi connectivity index (χ0n) is 16.6. The molecule has 0 saturated carbocycles. The van der Waals surface area contributed by atoms with E-state index in [1.165, 1.54) is 16.7 Å². The van der Waals surface area contributed by atoms with Gasteiger partial charge in [-0.15, -0.1) is 0 Å². The molecule has 2 nitrogen and oxygen atoms in total. The number of fused-ring (bicyclic) bond motifs is 1. The van der Waals surface area contributed by atoms with Crippen LogP contribution in [0.5, 0.6) is 0 Å². The van der Waals surface area contributed by atoms with Gasteiger partial charge in [0.2, 0.25) is 0 Å². The predicted molar refractivity (Wildman–Crippen MR) is 110 cm³/mol. The summed E-state index contributed by atoms with van der Waals surface area (Å²) in [6.45, 7) is 15.0. The van der Waals surface area contributed by atoms with Crippen LogP contribution in [0.25, 0.3) is 16.6 Å². The highest BCUT2D eigenvalue weighted by Gasteiger charge is 2.15. The normalized spacial score (nSPS) is 13.6. The van der Waals surface area contributed by atoms with E-state index in [0.29, 0.717) is 11.8 Å². The van der Waals surface area contributed by atoms with Crippen LogP contribution in [-0.4, -0.2) is 9.97 Å². The fourth-order valence-electron chi connectivity index (χ4n) is 2.71. The van der Waals surface area contributed by atoms with E-state index in [-0.39, 0.29) is 0 Å². The lowest BCUT2D eigenvalue weighted by atomic mass is 9.99. The van der Waals surface area contributed by atoms with Gasteiger partial charge in [-0.3, -0.25) is 0 Å². The van der Waals surface area contributed by atoms with Gasteiger partial charge in [0, 0.05) is 0 Å². The number of hydrogen-bond donors (Lipinski definition) is 0. The molecule has 0 N–H and O–H groups in total. The Morgan fingerprint density at radius 3 is 2.08 bits per heavy atom. The molecule has 1 aromatic carbocycles. The first kappa shape index (κ1) is 19.1. The van der Waals surface area contributed by atoms with Crippen LogP contribution in [0, 0.1) is 0 Å². The van der Waals surface area contributed by atoms with E-state index in [1.54, 1.807) is 0 Å². The molecule has 0 fully saturated rings. The molecule has 0 atom stereocenters. The first-order valence-electron chi connectivity index (χ1n) is 9.13. The number of rotatable bonds is 5. The molecule has 2 rings (SSSR count). The molecule has 0 spiro atoms. The van der Waals surface area contributed by atoms with Gasteiger partial charge in [-0.1, -0.05) is 63.6 Å². The molecule has 0 aliphatic carbocycles. The summed E-state index contributed by atoms with van der Waals surface area (Å²) in [7, 11) is 0. The molecule has 0 aliphatic heterocycles. The van der Waals surface area contributed by atoms with Gasteiger partial charge in [0.25, 0.3) is 0 Å². The quantitative estimate of drug-likeness (QED) is 0.562. The second-order valence-corrected chi connectivity index (χ2v) is 7.25. The first-order chi connectivity index (χ1) is 11.8. The maximum atomic E-state index is 4.94. The second kappa shape index (κ2) is 8.24. The Bertz CT molecular complexity index is 837. The van der Waals surface area contributed by atoms with E-state index >= 15 is 0 Å². The highest BCUT2D eigenvalue weighted by atomic mass is 14.8. The molecule has 1 aromatic heterocycles. The lowest BCUT2D eigenvalue weighted by Gasteiger charge is -2.15. The van der Waals surface area contributed by atoms with E-state index in [2.05, 4.69) is 91.0 Å². The van der Waals surface area contributed by atoms with Crippen molar-refractivity contribution >= 4 is 16.6 Å². The average molecular weight is 335 g/mol. The van der Waals surface area contributed by atoms with Gasteiger partial charge >= 0.3 is 0 Å². The van der Waals surface area contributed by atoms with E-state index in [9.17, 15) is 0 Å². The summed E-state index contributed by atoms with van der Waals surface area (Å²) in [6, 6.07) is 6.38. The minimum atomic E-state index is 0.376. The van der Waals surface area contributed by atoms with Crippen molar-refractivity contribution in [3.63, 3.8) is 0 Å². The molecule has 0 amide bonds. The fraction of sp³-hybridized carbons (Fsp3) is 0.391. The van der Waals surface area contributed by atoms with Crippen molar-refractivity contribution in [2.45, 2.75) is 60.3 Å². The van der Waals surface area contributed by atoms with Crippen molar-refractivity contribution in [2.24, 2.45) is 0 Å². The largest absolute Gasteiger partial charge is 0.249 e. The minimum absolute atomic E-state index is 0.376. The summed E-state index contributed by atoms with van der Waals surface area (Å²) < 4.78 is 0. The molecule has 25 heavy (non-hydrogen) atoms. The van der Waals surface area contributed by atoms with Gasteiger partial charge in [0.15, 0.2) is 0 Å². The van der Waals surface area contributed by atoms with Crippen molar-refractivity contribution in [3.05, 3.63) is 65.0 Å². The van der Waals surface area contributed by atoms with Crippen molar-refractivity contribution in [1.29, 1.82) is 0 Å². The Balaban J connectivity index is 2.47. The summed E-state index contributed by atoms with van der Waals surface area (Å²) >= 11 is 0. The zero-order chi connectivity index (χ0) is 18.6. The first-order valence-corrected chi connectivity index (χ1v) is 9.13. The minimum Gasteiger partial charge on any atom is -0.249 e. The summed E-state index contributed by atoms with van der Waals surface area (Å²) in [5.41, 5.74) is 7.87. The zero-order valence-corrected chi connectivity index (χ0v) is 16.6. The Morgan fingerprint density at radius 2 is 1.52 bits per heavy atom. The second-order valence-electron chi connectivity index (χ2n) is 7.25. The number of benzene rings is 1. The topological polar surface area (TPSA) is 25.8 Å². The lowest BCUT2D eigenvalue weighted by molar-refractivity contribution is 0.737. The van der Waals surface area contributed by atoms with Crippen molar-refractivity contribution in [1.82, 2.24) is 9.97 Å². The van der Waals surface area contributed by atoms with Crippen LogP contribution in [0.4, 0.5) is 0 Å². The van der Waals surface area contributed by atoms with E-state index < -0.39 is 0 Å². The Morgan fingerprint density at radius 1 is 0.920 bits per heavy atom. The van der Waals surface area contributed by atoms with E-state index in [4.69, 9.17) is 9.97 Å². The third kappa shape index (κ3) is 4.66. The van der Waals surface area contributed by atoms with Crippen molar-refractivity contribution in [3.8, 4) is 0 Å². The fourth-order valence-corrected chi connectivity index (χ4v) is 2.71. The van der Waals surface area contributed by atoms with Crippen LogP contribution in [0.1, 0.15) is 77.3 Å². The number of aromatic nitrogens is 2. The highest BCUT2D eigenvalue weighted by Crippen LogP contribution is 2.27. The van der Waals surface area contributed by atoms with Crippen LogP contribution < -0.4 is 0 Å². The van der Waals surface area contributed by atoms with Crippen molar-refractivity contribution in [2.75, 3.05) is 0 Å². The molecule has 0 aliphatic rings. The molecule has 1 heterocycles. The van der Waals surface area contributed by atoms with Crippen LogP contribution in [0.15, 0.2) is 48.1 Å². The van der Waals surface area contributed by atoms with Crippen LogP contribution in [0.3, 0.4) is 0 Å². The summed E-state index contributed by atoms with van der Waals surface area (Å²) in [4.78, 5) is 9.83. The number of hydrogen-bond acceptors (Lipinski definition) is 2. The smallest absolute Gasteiger partial charge is 0.0896 e. The Labute approximate surface area is 152 Å². The lowest BCUT2D eigenvalue weighted by Crippen LogP contribution is -2.06. The van der Waals surface area contributed by atoms with E-state index in [0.717, 1.165) is 22.4 Å². The molecule has 0 radical (unpaired) electrons. The molecule has 2 heteroatoms. The van der Waals surface area contributed by atoms with Gasteiger partial charge in [-0.2, -0.15) is 0 Å². The molecule has 0 bridgehead atoms. The molecule has 132 valence electrons. The Hall–Kier alpha value is -2.22. The molecule has 0 saturated heterocycles. The van der Waals surface area contributed by atoms with Gasteiger partial charge in [0.1, 0.15) is 0 Å². The molecule has 0 unspecified atom stereocenters. The predicted octanol–water partition coefficient (Wildman–Crippen LogP) is 6.80. The molecular weight excluding hydrogens is 304 g/mol. The summed E-state index contributed by atoms with van der Waals surface area (Å²) in [5.74, 6) is 0.761. The van der Waals surface area contributed by atoms with Gasteiger partial charge in [-0.25, -0.2) is 9.97 Å². The third-order valence-electron chi connectivity index (χ3n) is 4.43. The summed E-state index contributed by atoms with van der Waals surface area (Å²) in [6.07, 6.45) is 8.47. The summed E-state index contributed by atoms with van der Waals surface area (Å²) in [5, 5.41) is 0. The SMILES string of the molecule is C/C=C(C)/C=C/C=C(\C)c1ccc2nc(C(C)C)c(C(C)C)nc2c1. The number of allylic oxidation sites excluding steroid dienone is 6. The maximum Gasteiger partial charge on any atom is 0.0896 e. The highest BCUT2D eigenvalue weighted by molar-refractivity contribution is 5.80. The van der Waals surface area contributed by atoms with Gasteiger partial charge in [-0.05, 0) is 55.9 Å². The van der Waals surface area contributed by atoms with Gasteiger partial charge in [0.05, 0.1) is 22.4 Å². The van der Waals surface area contributed by atoms with E-state index in [1.807, 2.05) is 0 Å². The number of nitrogens with zero attached hydrogens (tertiary/aromatic N) is 2. The maximum absolute atomic E-state index is 4.94.